The van der Waals surface area contributed by atoms with Gasteiger partial charge in [-0.05, 0) is 68.2 Å². The summed E-state index contributed by atoms with van der Waals surface area (Å²) in [5.74, 6) is -0.0762. The number of nitrogens with zero attached hydrogens (tertiary/aromatic N) is 4. The molecule has 2 heterocycles. The van der Waals surface area contributed by atoms with Crippen molar-refractivity contribution in [3.05, 3.63) is 65.5 Å². The number of carbonyl (C=O) groups is 2. The third-order valence-electron chi connectivity index (χ3n) is 7.25. The largest absolute Gasteiger partial charge is 0.465 e. The zero-order valence-corrected chi connectivity index (χ0v) is 20.6. The first kappa shape index (κ1) is 25.1. The molecule has 2 aliphatic heterocycles. The smallest absolute Gasteiger partial charge is 0.407 e. The van der Waals surface area contributed by atoms with E-state index in [1.807, 2.05) is 32.2 Å². The van der Waals surface area contributed by atoms with Crippen LogP contribution in [0.4, 0.5) is 14.9 Å². The summed E-state index contributed by atoms with van der Waals surface area (Å²) in [6, 6.07) is 14.8. The summed E-state index contributed by atoms with van der Waals surface area (Å²) >= 11 is 0. The van der Waals surface area contributed by atoms with Gasteiger partial charge in [-0.3, -0.25) is 14.6 Å². The van der Waals surface area contributed by atoms with E-state index < -0.39 is 6.09 Å². The van der Waals surface area contributed by atoms with Crippen LogP contribution < -0.4 is 4.90 Å². The van der Waals surface area contributed by atoms with Gasteiger partial charge in [0.2, 0.25) is 5.91 Å². The molecular weight excluding hydrogens is 447 g/mol. The molecule has 2 aliphatic rings. The Hall–Kier alpha value is -2.97. The first-order valence-corrected chi connectivity index (χ1v) is 12.4. The Morgan fingerprint density at radius 2 is 1.66 bits per heavy atom. The molecule has 2 aromatic rings. The van der Waals surface area contributed by atoms with Gasteiger partial charge in [0, 0.05) is 57.4 Å². The van der Waals surface area contributed by atoms with Crippen molar-refractivity contribution in [3.8, 4) is 0 Å². The standard InChI is InChI=1S/C27H35FN4O3/c1-20-17-31(14-15-32(20)27(34)35)18-21-6-8-25(9-7-21)29(2)26(33)23-10-12-30(13-11-23)19-22-4-3-5-24(28)16-22/h3-9,16,20,23H,10-15,17-19H2,1-2H3,(H,34,35)/t20-/m0/s1. The lowest BCUT2D eigenvalue weighted by Gasteiger charge is -2.38. The minimum Gasteiger partial charge on any atom is -0.465 e. The number of piperidine rings is 1. The first-order valence-electron chi connectivity index (χ1n) is 12.4. The van der Waals surface area contributed by atoms with Crippen LogP contribution in [0, 0.1) is 11.7 Å². The molecule has 0 spiro atoms. The molecule has 0 aromatic heterocycles. The maximum atomic E-state index is 13.4. The van der Waals surface area contributed by atoms with Gasteiger partial charge in [-0.2, -0.15) is 0 Å². The Morgan fingerprint density at radius 3 is 2.29 bits per heavy atom. The average molecular weight is 483 g/mol. The van der Waals surface area contributed by atoms with Crippen molar-refractivity contribution < 1.29 is 19.1 Å². The normalized spacial score (nSPS) is 20.1. The maximum Gasteiger partial charge on any atom is 0.407 e. The Labute approximate surface area is 206 Å². The third kappa shape index (κ3) is 6.38. The lowest BCUT2D eigenvalue weighted by atomic mass is 9.94. The molecule has 0 unspecified atom stereocenters. The number of benzene rings is 2. The molecule has 4 rings (SSSR count). The lowest BCUT2D eigenvalue weighted by molar-refractivity contribution is -0.123. The number of anilines is 1. The lowest BCUT2D eigenvalue weighted by Crippen LogP contribution is -2.53. The fraction of sp³-hybridized carbons (Fsp3) is 0.481. The summed E-state index contributed by atoms with van der Waals surface area (Å²) in [5.41, 5.74) is 2.99. The Balaban J connectivity index is 1.26. The van der Waals surface area contributed by atoms with E-state index in [0.29, 0.717) is 26.2 Å². The van der Waals surface area contributed by atoms with Gasteiger partial charge >= 0.3 is 6.09 Å². The van der Waals surface area contributed by atoms with Crippen molar-refractivity contribution in [2.24, 2.45) is 5.92 Å². The number of carboxylic acid groups (broad SMARTS) is 1. The van der Waals surface area contributed by atoms with Crippen LogP contribution in [-0.2, 0) is 17.9 Å². The summed E-state index contributed by atoms with van der Waals surface area (Å²) in [6.45, 7) is 7.02. The van der Waals surface area contributed by atoms with E-state index in [0.717, 1.165) is 49.3 Å². The summed E-state index contributed by atoms with van der Waals surface area (Å²) in [5, 5.41) is 9.25. The number of hydrogen-bond donors (Lipinski definition) is 1. The van der Waals surface area contributed by atoms with Crippen molar-refractivity contribution in [3.63, 3.8) is 0 Å². The van der Waals surface area contributed by atoms with Gasteiger partial charge in [-0.1, -0.05) is 24.3 Å². The monoisotopic (exact) mass is 482 g/mol. The second kappa shape index (κ2) is 11.2. The molecule has 188 valence electrons. The number of likely N-dealkylation sites (tertiary alicyclic amines) is 1. The maximum absolute atomic E-state index is 13.4. The number of hydrogen-bond acceptors (Lipinski definition) is 4. The van der Waals surface area contributed by atoms with E-state index in [2.05, 4.69) is 21.9 Å². The number of halogens is 1. The van der Waals surface area contributed by atoms with Crippen molar-refractivity contribution in [2.75, 3.05) is 44.7 Å². The fourth-order valence-electron chi connectivity index (χ4n) is 5.18. The van der Waals surface area contributed by atoms with Crippen LogP contribution in [0.15, 0.2) is 48.5 Å². The highest BCUT2D eigenvalue weighted by atomic mass is 19.1. The molecule has 0 radical (unpaired) electrons. The van der Waals surface area contributed by atoms with Crippen LogP contribution in [-0.4, -0.2) is 77.6 Å². The molecule has 0 aliphatic carbocycles. The predicted molar refractivity (Wildman–Crippen MR) is 134 cm³/mol. The topological polar surface area (TPSA) is 67.3 Å². The van der Waals surface area contributed by atoms with Gasteiger partial charge in [0.1, 0.15) is 5.82 Å². The van der Waals surface area contributed by atoms with Gasteiger partial charge in [0.05, 0.1) is 0 Å². The van der Waals surface area contributed by atoms with Crippen LogP contribution in [0.3, 0.4) is 0 Å². The van der Waals surface area contributed by atoms with Crippen LogP contribution in [0.2, 0.25) is 0 Å². The molecule has 2 aromatic carbocycles. The van der Waals surface area contributed by atoms with Gasteiger partial charge in [-0.15, -0.1) is 0 Å². The molecule has 7 nitrogen and oxygen atoms in total. The molecule has 0 bridgehead atoms. The Kier molecular flexibility index (Phi) is 8.03. The highest BCUT2D eigenvalue weighted by molar-refractivity contribution is 5.94. The number of piperazine rings is 1. The van der Waals surface area contributed by atoms with Gasteiger partial charge in [-0.25, -0.2) is 9.18 Å². The highest BCUT2D eigenvalue weighted by Crippen LogP contribution is 2.24. The minimum absolute atomic E-state index is 0.00421. The van der Waals surface area contributed by atoms with E-state index in [1.54, 1.807) is 17.0 Å². The quantitative estimate of drug-likeness (QED) is 0.677. The Bertz CT molecular complexity index is 1020. The van der Waals surface area contributed by atoms with Crippen LogP contribution in [0.25, 0.3) is 0 Å². The zero-order chi connectivity index (χ0) is 24.9. The number of rotatable bonds is 6. The zero-order valence-electron chi connectivity index (χ0n) is 20.6. The second-order valence-electron chi connectivity index (χ2n) is 9.80. The number of carbonyl (C=O) groups excluding carboxylic acids is 1. The van der Waals surface area contributed by atoms with E-state index in [-0.39, 0.29) is 23.7 Å². The third-order valence-corrected chi connectivity index (χ3v) is 7.25. The van der Waals surface area contributed by atoms with Gasteiger partial charge in [0.15, 0.2) is 0 Å². The predicted octanol–water partition coefficient (Wildman–Crippen LogP) is 3.88. The molecule has 2 saturated heterocycles. The second-order valence-corrected chi connectivity index (χ2v) is 9.80. The molecule has 2 fully saturated rings. The van der Waals surface area contributed by atoms with E-state index in [4.69, 9.17) is 0 Å². The summed E-state index contributed by atoms with van der Waals surface area (Å²) in [7, 11) is 1.84. The Morgan fingerprint density at radius 1 is 0.971 bits per heavy atom. The van der Waals surface area contributed by atoms with Crippen LogP contribution in [0.1, 0.15) is 30.9 Å². The molecule has 1 N–H and O–H groups in total. The minimum atomic E-state index is -0.855. The fourth-order valence-corrected chi connectivity index (χ4v) is 5.18. The summed E-state index contributed by atoms with van der Waals surface area (Å²) in [4.78, 5) is 32.2. The first-order chi connectivity index (χ1) is 16.8. The summed E-state index contributed by atoms with van der Waals surface area (Å²) in [6.07, 6.45) is 0.750. The molecule has 35 heavy (non-hydrogen) atoms. The van der Waals surface area contributed by atoms with Gasteiger partial charge < -0.3 is 14.9 Å². The molecule has 8 heteroatoms. The van der Waals surface area contributed by atoms with Crippen molar-refractivity contribution in [2.45, 2.75) is 38.9 Å². The molecule has 1 atom stereocenters. The van der Waals surface area contributed by atoms with Crippen LogP contribution >= 0.6 is 0 Å². The van der Waals surface area contributed by atoms with Crippen molar-refractivity contribution in [1.29, 1.82) is 0 Å². The number of amides is 2. The highest BCUT2D eigenvalue weighted by Gasteiger charge is 2.29. The molecule has 0 saturated carbocycles. The van der Waals surface area contributed by atoms with E-state index in [9.17, 15) is 19.1 Å². The van der Waals surface area contributed by atoms with Gasteiger partial charge in [0.25, 0.3) is 0 Å². The van der Waals surface area contributed by atoms with Crippen LogP contribution in [0.5, 0.6) is 0 Å². The van der Waals surface area contributed by atoms with Crippen molar-refractivity contribution in [1.82, 2.24) is 14.7 Å². The summed E-state index contributed by atoms with van der Waals surface area (Å²) < 4.78 is 13.4. The van der Waals surface area contributed by atoms with E-state index >= 15 is 0 Å². The van der Waals surface area contributed by atoms with E-state index in [1.165, 1.54) is 11.0 Å². The SMILES string of the molecule is C[C@H]1CN(Cc2ccc(N(C)C(=O)C3CCN(Cc4cccc(F)c4)CC3)cc2)CCN1C(=O)O. The van der Waals surface area contributed by atoms with Crippen molar-refractivity contribution >= 4 is 17.7 Å². The average Bonchev–Trinajstić information content (AvgIpc) is 2.84. The molecule has 2 amide bonds. The molecular formula is C27H35FN4O3.